The second-order valence-electron chi connectivity index (χ2n) is 4.16. The van der Waals surface area contributed by atoms with Crippen molar-refractivity contribution in [1.82, 2.24) is 4.98 Å². The third kappa shape index (κ3) is 2.71. The summed E-state index contributed by atoms with van der Waals surface area (Å²) in [4.78, 5) is 8.89. The van der Waals surface area contributed by atoms with E-state index in [9.17, 15) is 0 Å². The fourth-order valence-corrected chi connectivity index (χ4v) is 2.34. The van der Waals surface area contributed by atoms with Gasteiger partial charge in [-0.3, -0.25) is 9.98 Å². The number of halogens is 1. The van der Waals surface area contributed by atoms with Gasteiger partial charge in [0.1, 0.15) is 0 Å². The first-order valence-electron chi connectivity index (χ1n) is 5.96. The molecule has 0 saturated carbocycles. The van der Waals surface area contributed by atoms with Crippen LogP contribution in [-0.4, -0.2) is 11.2 Å². The Morgan fingerprint density at radius 3 is 2.79 bits per heavy atom. The Morgan fingerprint density at radius 1 is 1.00 bits per heavy atom. The van der Waals surface area contributed by atoms with Crippen LogP contribution < -0.4 is 0 Å². The smallest absolute Gasteiger partial charge is 0.0739 e. The van der Waals surface area contributed by atoms with Gasteiger partial charge in [0, 0.05) is 22.3 Å². The average Bonchev–Trinajstić information content (AvgIpc) is 2.45. The molecule has 0 bridgehead atoms. The van der Waals surface area contributed by atoms with Gasteiger partial charge in [-0.2, -0.15) is 0 Å². The highest BCUT2D eigenvalue weighted by Crippen LogP contribution is 2.23. The average molecular weight is 311 g/mol. The maximum Gasteiger partial charge on any atom is 0.0739 e. The Bertz CT molecular complexity index is 745. The number of para-hydroxylation sites is 1. The molecule has 0 aliphatic heterocycles. The molecule has 3 aromatic rings. The highest BCUT2D eigenvalue weighted by atomic mass is 79.9. The van der Waals surface area contributed by atoms with Gasteiger partial charge >= 0.3 is 0 Å². The summed E-state index contributed by atoms with van der Waals surface area (Å²) in [5.74, 6) is 0. The summed E-state index contributed by atoms with van der Waals surface area (Å²) in [6.07, 6.45) is 3.66. The summed E-state index contributed by atoms with van der Waals surface area (Å²) < 4.78 is 1.05. The molecule has 0 atom stereocenters. The first-order valence-corrected chi connectivity index (χ1v) is 6.75. The summed E-state index contributed by atoms with van der Waals surface area (Å²) in [5.41, 5.74) is 2.97. The van der Waals surface area contributed by atoms with Crippen LogP contribution in [0.1, 0.15) is 5.56 Å². The summed E-state index contributed by atoms with van der Waals surface area (Å²) in [6, 6.07) is 18.0. The quantitative estimate of drug-likeness (QED) is 0.627. The summed E-state index contributed by atoms with van der Waals surface area (Å²) >= 11 is 3.46. The third-order valence-electron chi connectivity index (χ3n) is 2.83. The molecule has 19 heavy (non-hydrogen) atoms. The van der Waals surface area contributed by atoms with E-state index < -0.39 is 0 Å². The topological polar surface area (TPSA) is 25.2 Å². The lowest BCUT2D eigenvalue weighted by Gasteiger charge is -2.00. The minimum absolute atomic E-state index is 0.936. The predicted molar refractivity (Wildman–Crippen MR) is 83.1 cm³/mol. The minimum atomic E-state index is 0.936. The molecule has 0 radical (unpaired) electrons. The largest absolute Gasteiger partial charge is 0.256 e. The minimum Gasteiger partial charge on any atom is -0.256 e. The monoisotopic (exact) mass is 310 g/mol. The highest BCUT2D eigenvalue weighted by molar-refractivity contribution is 9.10. The SMILES string of the molecule is Brc1cccc(C=Nc2ccnc3ccccc23)c1. The van der Waals surface area contributed by atoms with Crippen molar-refractivity contribution in [3.63, 3.8) is 0 Å². The number of aliphatic imine (C=N–C) groups is 1. The van der Waals surface area contributed by atoms with E-state index in [4.69, 9.17) is 0 Å². The maximum absolute atomic E-state index is 4.56. The zero-order valence-corrected chi connectivity index (χ0v) is 11.7. The molecule has 1 aromatic heterocycles. The molecule has 0 saturated heterocycles. The van der Waals surface area contributed by atoms with Crippen LogP contribution in [0.25, 0.3) is 10.9 Å². The number of benzene rings is 2. The Balaban J connectivity index is 2.02. The molecule has 0 N–H and O–H groups in total. The normalized spacial score (nSPS) is 11.2. The predicted octanol–water partition coefficient (Wildman–Crippen LogP) is 4.75. The number of fused-ring (bicyclic) bond motifs is 1. The van der Waals surface area contributed by atoms with Crippen molar-refractivity contribution < 1.29 is 0 Å². The van der Waals surface area contributed by atoms with E-state index in [-0.39, 0.29) is 0 Å². The first-order chi connectivity index (χ1) is 9.33. The molecular formula is C16H11BrN2. The molecule has 3 heteroatoms. The lowest BCUT2D eigenvalue weighted by atomic mass is 10.2. The third-order valence-corrected chi connectivity index (χ3v) is 3.32. The highest BCUT2D eigenvalue weighted by Gasteiger charge is 1.98. The maximum atomic E-state index is 4.56. The van der Waals surface area contributed by atoms with Gasteiger partial charge in [0.15, 0.2) is 0 Å². The molecule has 0 spiro atoms. The number of nitrogens with zero attached hydrogens (tertiary/aromatic N) is 2. The standard InChI is InChI=1S/C16H11BrN2/c17-13-5-3-4-12(10-13)11-19-16-8-9-18-15-7-2-1-6-14(15)16/h1-11H. The molecule has 0 amide bonds. The van der Waals surface area contributed by atoms with Gasteiger partial charge in [0.05, 0.1) is 11.2 Å². The Labute approximate surface area is 120 Å². The van der Waals surface area contributed by atoms with E-state index in [0.717, 1.165) is 26.6 Å². The lowest BCUT2D eigenvalue weighted by molar-refractivity contribution is 1.39. The number of rotatable bonds is 2. The van der Waals surface area contributed by atoms with Gasteiger partial charge < -0.3 is 0 Å². The molecule has 2 aromatic carbocycles. The van der Waals surface area contributed by atoms with Crippen LogP contribution in [0.2, 0.25) is 0 Å². The van der Waals surface area contributed by atoms with Crippen LogP contribution in [0.15, 0.2) is 70.3 Å². The van der Waals surface area contributed by atoms with Crippen LogP contribution in [0.3, 0.4) is 0 Å². The van der Waals surface area contributed by atoms with Crippen molar-refractivity contribution in [3.8, 4) is 0 Å². The van der Waals surface area contributed by atoms with E-state index in [1.54, 1.807) is 6.20 Å². The number of pyridine rings is 1. The van der Waals surface area contributed by atoms with Gasteiger partial charge in [0.25, 0.3) is 0 Å². The second kappa shape index (κ2) is 5.33. The van der Waals surface area contributed by atoms with Gasteiger partial charge in [0.2, 0.25) is 0 Å². The van der Waals surface area contributed by atoms with E-state index >= 15 is 0 Å². The Morgan fingerprint density at radius 2 is 1.89 bits per heavy atom. The van der Waals surface area contributed by atoms with E-state index in [1.165, 1.54) is 0 Å². The molecule has 0 aliphatic carbocycles. The van der Waals surface area contributed by atoms with Crippen LogP contribution in [0.4, 0.5) is 5.69 Å². The van der Waals surface area contributed by atoms with Crippen molar-refractivity contribution >= 4 is 38.7 Å². The summed E-state index contributed by atoms with van der Waals surface area (Å²) in [6.45, 7) is 0. The van der Waals surface area contributed by atoms with E-state index in [0.29, 0.717) is 0 Å². The van der Waals surface area contributed by atoms with Gasteiger partial charge in [-0.05, 0) is 29.8 Å². The molecule has 2 nitrogen and oxygen atoms in total. The Kier molecular flexibility index (Phi) is 3.38. The Hall–Kier alpha value is -2.00. The van der Waals surface area contributed by atoms with Crippen molar-refractivity contribution in [3.05, 3.63) is 70.8 Å². The molecule has 92 valence electrons. The molecule has 1 heterocycles. The van der Waals surface area contributed by atoms with Crippen molar-refractivity contribution in [2.24, 2.45) is 4.99 Å². The number of aromatic nitrogens is 1. The summed E-state index contributed by atoms with van der Waals surface area (Å²) in [5, 5.41) is 1.07. The second-order valence-corrected chi connectivity index (χ2v) is 5.08. The zero-order valence-electron chi connectivity index (χ0n) is 10.1. The number of hydrogen-bond acceptors (Lipinski definition) is 2. The van der Waals surface area contributed by atoms with E-state index in [1.807, 2.05) is 60.8 Å². The van der Waals surface area contributed by atoms with Gasteiger partial charge in [-0.1, -0.05) is 46.3 Å². The van der Waals surface area contributed by atoms with Crippen molar-refractivity contribution in [2.75, 3.05) is 0 Å². The van der Waals surface area contributed by atoms with Gasteiger partial charge in [-0.15, -0.1) is 0 Å². The van der Waals surface area contributed by atoms with Crippen molar-refractivity contribution in [2.45, 2.75) is 0 Å². The zero-order chi connectivity index (χ0) is 13.1. The van der Waals surface area contributed by atoms with Crippen molar-refractivity contribution in [1.29, 1.82) is 0 Å². The van der Waals surface area contributed by atoms with Gasteiger partial charge in [-0.25, -0.2) is 0 Å². The van der Waals surface area contributed by atoms with Crippen LogP contribution >= 0.6 is 15.9 Å². The summed E-state index contributed by atoms with van der Waals surface area (Å²) in [7, 11) is 0. The first kappa shape index (κ1) is 12.1. The van der Waals surface area contributed by atoms with Crippen LogP contribution in [-0.2, 0) is 0 Å². The fourth-order valence-electron chi connectivity index (χ4n) is 1.92. The fraction of sp³-hybridized carbons (Fsp3) is 0. The molecule has 0 aliphatic rings. The molecule has 0 fully saturated rings. The molecule has 3 rings (SSSR count). The molecule has 0 unspecified atom stereocenters. The molecular weight excluding hydrogens is 300 g/mol. The van der Waals surface area contributed by atoms with Crippen LogP contribution in [0.5, 0.6) is 0 Å². The van der Waals surface area contributed by atoms with Crippen LogP contribution in [0, 0.1) is 0 Å². The lowest BCUT2D eigenvalue weighted by Crippen LogP contribution is -1.81. The van der Waals surface area contributed by atoms with E-state index in [2.05, 4.69) is 25.9 Å². The number of hydrogen-bond donors (Lipinski definition) is 0.